The number of allylic oxidation sites excluding steroid dienone is 1. The maximum atomic E-state index is 13.6. The molecule has 2 aliphatic carbocycles. The molecule has 3 N–H and O–H groups in total. The summed E-state index contributed by atoms with van der Waals surface area (Å²) in [6.45, 7) is 1.69. The summed E-state index contributed by atoms with van der Waals surface area (Å²) < 4.78 is 11.6. The van der Waals surface area contributed by atoms with Crippen molar-refractivity contribution < 1.29 is 33.9 Å². The van der Waals surface area contributed by atoms with Gasteiger partial charge in [0.15, 0.2) is 11.6 Å². The molecule has 36 heavy (non-hydrogen) atoms. The van der Waals surface area contributed by atoms with Gasteiger partial charge in [-0.15, -0.1) is 0 Å². The van der Waals surface area contributed by atoms with Crippen molar-refractivity contribution in [3.8, 4) is 0 Å². The summed E-state index contributed by atoms with van der Waals surface area (Å²) >= 11 is 0. The average molecular weight is 490 g/mol. The monoisotopic (exact) mass is 490 g/mol. The number of carbonyl (C=O) groups is 2. The first kappa shape index (κ1) is 24.9. The second-order valence-electron chi connectivity index (χ2n) is 9.91. The predicted molar refractivity (Wildman–Crippen MR) is 134 cm³/mol. The van der Waals surface area contributed by atoms with Crippen molar-refractivity contribution in [3.05, 3.63) is 75.8 Å². The Kier molecular flexibility index (Phi) is 7.13. The van der Waals surface area contributed by atoms with Gasteiger partial charge < -0.3 is 24.3 Å². The lowest BCUT2D eigenvalue weighted by Gasteiger charge is -2.47. The lowest BCUT2D eigenvalue weighted by molar-refractivity contribution is 0.0590. The van der Waals surface area contributed by atoms with Crippen LogP contribution in [0.2, 0.25) is 6.32 Å². The molecule has 2 heterocycles. The van der Waals surface area contributed by atoms with E-state index in [9.17, 15) is 24.8 Å². The number of carbonyl (C=O) groups excluding carboxylic acids is 2. The van der Waals surface area contributed by atoms with Gasteiger partial charge in [0.05, 0.1) is 12.7 Å². The second-order valence-corrected chi connectivity index (χ2v) is 9.91. The van der Waals surface area contributed by atoms with E-state index in [1.54, 1.807) is 30.3 Å². The summed E-state index contributed by atoms with van der Waals surface area (Å²) in [5.41, 5.74) is 3.64. The molecule has 3 aliphatic rings. The molecule has 1 aromatic carbocycles. The van der Waals surface area contributed by atoms with Crippen LogP contribution in [-0.2, 0) is 11.3 Å². The molecule has 7 nitrogen and oxygen atoms in total. The van der Waals surface area contributed by atoms with Crippen molar-refractivity contribution in [3.63, 3.8) is 0 Å². The Bertz CT molecular complexity index is 1230. The molecule has 2 aromatic rings. The zero-order valence-corrected chi connectivity index (χ0v) is 20.4. The molecule has 0 amide bonds. The largest absolute Gasteiger partial charge is 0.459 e. The number of hydrogen-bond donors (Lipinski definition) is 3. The summed E-state index contributed by atoms with van der Waals surface area (Å²) in [7, 11) is -1.05. The zero-order valence-electron chi connectivity index (χ0n) is 20.4. The molecule has 8 heteroatoms. The highest BCUT2D eigenvalue weighted by Gasteiger charge is 2.53. The van der Waals surface area contributed by atoms with E-state index in [1.165, 1.54) is 0 Å². The Morgan fingerprint density at radius 1 is 1.06 bits per heavy atom. The minimum Gasteiger partial charge on any atom is -0.459 e. The summed E-state index contributed by atoms with van der Waals surface area (Å²) in [5.74, 6) is -0.389. The highest BCUT2D eigenvalue weighted by molar-refractivity contribution is 6.43. The molecule has 188 valence electrons. The number of aliphatic hydroxyl groups excluding tert-OH is 2. The van der Waals surface area contributed by atoms with Crippen LogP contribution < -0.4 is 0 Å². The molecular formula is C28H31BO7. The fourth-order valence-corrected chi connectivity index (χ4v) is 6.24. The van der Waals surface area contributed by atoms with E-state index in [2.05, 4.69) is 6.92 Å². The van der Waals surface area contributed by atoms with E-state index in [0.29, 0.717) is 41.9 Å². The highest BCUT2D eigenvalue weighted by atomic mass is 16.5. The molecule has 0 unspecified atom stereocenters. The lowest BCUT2D eigenvalue weighted by Crippen LogP contribution is -2.51. The van der Waals surface area contributed by atoms with Crippen LogP contribution >= 0.6 is 0 Å². The van der Waals surface area contributed by atoms with Gasteiger partial charge in [-0.05, 0) is 67.3 Å². The minimum atomic E-state index is -1.05. The van der Waals surface area contributed by atoms with Crippen molar-refractivity contribution in [2.75, 3.05) is 6.61 Å². The third-order valence-electron chi connectivity index (χ3n) is 7.92. The number of furan rings is 1. The van der Waals surface area contributed by atoms with Crippen LogP contribution in [0.3, 0.4) is 0 Å². The van der Waals surface area contributed by atoms with Crippen molar-refractivity contribution in [2.24, 2.45) is 17.8 Å². The van der Waals surface area contributed by atoms with Gasteiger partial charge in [-0.3, -0.25) is 9.59 Å². The van der Waals surface area contributed by atoms with E-state index in [4.69, 9.17) is 9.07 Å². The maximum Gasteiger partial charge on any atom is 0.455 e. The third-order valence-corrected chi connectivity index (χ3v) is 7.92. The van der Waals surface area contributed by atoms with Gasteiger partial charge in [-0.2, -0.15) is 0 Å². The summed E-state index contributed by atoms with van der Waals surface area (Å²) in [6, 6.07) is 10.5. The second kappa shape index (κ2) is 10.3. The van der Waals surface area contributed by atoms with Crippen LogP contribution in [0.5, 0.6) is 0 Å². The first-order valence-electron chi connectivity index (χ1n) is 12.7. The van der Waals surface area contributed by atoms with Gasteiger partial charge in [-0.25, -0.2) is 0 Å². The molecule has 0 saturated carbocycles. The molecular weight excluding hydrogens is 459 g/mol. The number of ketones is 2. The topological polar surface area (TPSA) is 117 Å². The fourth-order valence-electron chi connectivity index (χ4n) is 6.24. The van der Waals surface area contributed by atoms with Gasteiger partial charge in [0.25, 0.3) is 0 Å². The summed E-state index contributed by atoms with van der Waals surface area (Å²) in [4.78, 5) is 27.0. The Labute approximate surface area is 210 Å². The Morgan fingerprint density at radius 3 is 2.47 bits per heavy atom. The molecule has 0 radical (unpaired) electrons. The van der Waals surface area contributed by atoms with Crippen LogP contribution in [0.15, 0.2) is 57.5 Å². The van der Waals surface area contributed by atoms with Crippen LogP contribution in [0, 0.1) is 17.8 Å². The van der Waals surface area contributed by atoms with Gasteiger partial charge in [0.2, 0.25) is 0 Å². The molecule has 4 atom stereocenters. The Balaban J connectivity index is 1.44. The van der Waals surface area contributed by atoms with Gasteiger partial charge in [0, 0.05) is 23.0 Å². The molecule has 1 saturated heterocycles. The molecule has 1 aliphatic heterocycles. The van der Waals surface area contributed by atoms with Gasteiger partial charge >= 0.3 is 7.12 Å². The SMILES string of the molecule is CC/C(=C\c1ccc(CO)o1)CC[C@H]1OB(O)C[C@H]2C1=C(CO)C[C@H]1C(=O)c3ccccc3C(=O)[C@H]12. The van der Waals surface area contributed by atoms with Crippen molar-refractivity contribution >= 4 is 24.8 Å². The average Bonchev–Trinajstić information content (AvgIpc) is 3.36. The minimum absolute atomic E-state index is 0.0605. The molecule has 1 aromatic heterocycles. The number of benzene rings is 1. The third kappa shape index (κ3) is 4.43. The highest BCUT2D eigenvalue weighted by Crippen LogP contribution is 2.50. The van der Waals surface area contributed by atoms with Crippen molar-refractivity contribution in [1.29, 1.82) is 0 Å². The summed E-state index contributed by atoms with van der Waals surface area (Å²) in [5, 5.41) is 30.2. The van der Waals surface area contributed by atoms with Gasteiger partial charge in [-0.1, -0.05) is 36.8 Å². The zero-order chi connectivity index (χ0) is 25.4. The van der Waals surface area contributed by atoms with Crippen LogP contribution in [0.25, 0.3) is 6.08 Å². The molecule has 0 spiro atoms. The van der Waals surface area contributed by atoms with Crippen molar-refractivity contribution in [2.45, 2.75) is 51.6 Å². The smallest absolute Gasteiger partial charge is 0.455 e. The number of rotatable bonds is 7. The quantitative estimate of drug-likeness (QED) is 0.399. The van der Waals surface area contributed by atoms with Gasteiger partial charge in [0.1, 0.15) is 18.1 Å². The number of aliphatic hydroxyl groups is 2. The van der Waals surface area contributed by atoms with Crippen molar-refractivity contribution in [1.82, 2.24) is 0 Å². The fraction of sp³-hybridized carbons (Fsp3) is 0.429. The molecule has 0 bridgehead atoms. The van der Waals surface area contributed by atoms with Crippen LogP contribution in [0.4, 0.5) is 0 Å². The van der Waals surface area contributed by atoms with E-state index in [0.717, 1.165) is 23.1 Å². The Hall–Kier alpha value is -2.78. The standard InChI is InChI=1S/C28H31BO7/c1-2-16(11-18-8-9-19(15-31)35-18)7-10-24-25-17(14-30)12-22-26(23(25)13-29(34)36-24)28(33)21-6-4-3-5-20(21)27(22)32/h3-6,8-9,11,22-24,26,30-31,34H,2,7,10,12-15H2,1H3/b16-11+/t22-,23+,24-,26-/m1/s1. The Morgan fingerprint density at radius 2 is 1.81 bits per heavy atom. The first-order valence-corrected chi connectivity index (χ1v) is 12.7. The van der Waals surface area contributed by atoms with E-state index >= 15 is 0 Å². The van der Waals surface area contributed by atoms with E-state index in [-0.39, 0.29) is 37.0 Å². The number of hydrogen-bond acceptors (Lipinski definition) is 7. The lowest BCUT2D eigenvalue weighted by atomic mass is 9.54. The molecule has 5 rings (SSSR count). The van der Waals surface area contributed by atoms with Crippen LogP contribution in [0.1, 0.15) is 64.8 Å². The number of Topliss-reactive ketones (excluding diaryl/α,β-unsaturated/α-hetero) is 2. The number of fused-ring (bicyclic) bond motifs is 4. The summed E-state index contributed by atoms with van der Waals surface area (Å²) in [6.07, 6.45) is 4.07. The molecule has 1 fully saturated rings. The maximum absolute atomic E-state index is 13.6. The van der Waals surface area contributed by atoms with Crippen LogP contribution in [-0.4, -0.2) is 46.6 Å². The first-order chi connectivity index (χ1) is 17.4. The normalized spacial score (nSPS) is 26.1. The van der Waals surface area contributed by atoms with E-state index < -0.39 is 25.1 Å². The van der Waals surface area contributed by atoms with E-state index in [1.807, 2.05) is 12.1 Å². The predicted octanol–water partition coefficient (Wildman–Crippen LogP) is 3.85.